The molecule has 106 valence electrons. The van der Waals surface area contributed by atoms with Gasteiger partial charge in [-0.05, 0) is 25.5 Å². The summed E-state index contributed by atoms with van der Waals surface area (Å²) in [5.74, 6) is -0.912. The van der Waals surface area contributed by atoms with E-state index in [-0.39, 0.29) is 6.10 Å². The molecule has 0 aliphatic carbocycles. The molecule has 1 unspecified atom stereocenters. The van der Waals surface area contributed by atoms with E-state index < -0.39 is 5.97 Å². The summed E-state index contributed by atoms with van der Waals surface area (Å²) in [7, 11) is 3.81. The Hall–Kier alpha value is -1.55. The van der Waals surface area contributed by atoms with Gasteiger partial charge in [-0.3, -0.25) is 0 Å². The van der Waals surface area contributed by atoms with Crippen LogP contribution in [-0.4, -0.2) is 31.8 Å². The molecule has 19 heavy (non-hydrogen) atoms. The highest BCUT2D eigenvalue weighted by Crippen LogP contribution is 2.31. The summed E-state index contributed by atoms with van der Waals surface area (Å²) in [5.41, 5.74) is 1.95. The number of benzene rings is 1. The fraction of sp³-hybridized carbons (Fsp3) is 0.533. The zero-order valence-electron chi connectivity index (χ0n) is 12.1. The summed E-state index contributed by atoms with van der Waals surface area (Å²) in [6, 6.07) is 5.31. The standard InChI is InChI=1S/C15H23NO3/c1-5-6-10-19-11(2)14-12(15(17)18)8-7-9-13(14)16(3)4/h7-9,11H,5-6,10H2,1-4H3,(H,17,18). The molecular weight excluding hydrogens is 242 g/mol. The van der Waals surface area contributed by atoms with Gasteiger partial charge in [-0.15, -0.1) is 0 Å². The Bertz CT molecular complexity index is 429. The maximum atomic E-state index is 11.4. The third-order valence-electron chi connectivity index (χ3n) is 3.07. The smallest absolute Gasteiger partial charge is 0.336 e. The monoisotopic (exact) mass is 265 g/mol. The summed E-state index contributed by atoms with van der Waals surface area (Å²) in [6.45, 7) is 4.66. The number of rotatable bonds is 7. The maximum absolute atomic E-state index is 11.4. The normalized spacial score (nSPS) is 12.2. The van der Waals surface area contributed by atoms with Crippen molar-refractivity contribution in [1.82, 2.24) is 0 Å². The fourth-order valence-corrected chi connectivity index (χ4v) is 2.04. The first kappa shape index (κ1) is 15.5. The zero-order chi connectivity index (χ0) is 14.4. The van der Waals surface area contributed by atoms with Crippen molar-refractivity contribution in [3.8, 4) is 0 Å². The molecule has 1 atom stereocenters. The van der Waals surface area contributed by atoms with Crippen LogP contribution in [0.5, 0.6) is 0 Å². The van der Waals surface area contributed by atoms with Crippen molar-refractivity contribution in [2.75, 3.05) is 25.6 Å². The van der Waals surface area contributed by atoms with Crippen molar-refractivity contribution in [2.45, 2.75) is 32.8 Å². The second kappa shape index (κ2) is 7.14. The van der Waals surface area contributed by atoms with Crippen LogP contribution >= 0.6 is 0 Å². The average molecular weight is 265 g/mol. The molecule has 0 radical (unpaired) electrons. The van der Waals surface area contributed by atoms with E-state index in [9.17, 15) is 9.90 Å². The maximum Gasteiger partial charge on any atom is 0.336 e. The SMILES string of the molecule is CCCCOC(C)c1c(C(=O)O)cccc1N(C)C. The van der Waals surface area contributed by atoms with Gasteiger partial charge in [0.25, 0.3) is 0 Å². The highest BCUT2D eigenvalue weighted by molar-refractivity contribution is 5.91. The summed E-state index contributed by atoms with van der Waals surface area (Å²) in [5, 5.41) is 9.32. The molecule has 1 aromatic carbocycles. The van der Waals surface area contributed by atoms with Crippen molar-refractivity contribution in [3.63, 3.8) is 0 Å². The van der Waals surface area contributed by atoms with Gasteiger partial charge >= 0.3 is 5.97 Å². The topological polar surface area (TPSA) is 49.8 Å². The van der Waals surface area contributed by atoms with Gasteiger partial charge in [-0.25, -0.2) is 4.79 Å². The first-order valence-corrected chi connectivity index (χ1v) is 6.64. The molecule has 1 N–H and O–H groups in total. The van der Waals surface area contributed by atoms with E-state index in [0.717, 1.165) is 24.1 Å². The molecule has 4 heteroatoms. The molecule has 0 spiro atoms. The second-order valence-electron chi connectivity index (χ2n) is 4.80. The Kier molecular flexibility index (Phi) is 5.83. The predicted molar refractivity (Wildman–Crippen MR) is 77.0 cm³/mol. The molecule has 0 amide bonds. The minimum absolute atomic E-state index is 0.226. The lowest BCUT2D eigenvalue weighted by Crippen LogP contribution is -2.17. The number of unbranched alkanes of at least 4 members (excludes halogenated alkanes) is 1. The average Bonchev–Trinajstić information content (AvgIpc) is 2.37. The van der Waals surface area contributed by atoms with Crippen molar-refractivity contribution < 1.29 is 14.6 Å². The summed E-state index contributed by atoms with van der Waals surface area (Å²) < 4.78 is 5.76. The van der Waals surface area contributed by atoms with E-state index in [4.69, 9.17) is 4.74 Å². The van der Waals surface area contributed by atoms with Crippen LogP contribution in [0.15, 0.2) is 18.2 Å². The largest absolute Gasteiger partial charge is 0.478 e. The third-order valence-corrected chi connectivity index (χ3v) is 3.07. The molecule has 0 aromatic heterocycles. The van der Waals surface area contributed by atoms with Gasteiger partial charge in [0.1, 0.15) is 0 Å². The molecule has 0 heterocycles. The van der Waals surface area contributed by atoms with Crippen LogP contribution in [0.4, 0.5) is 5.69 Å². The zero-order valence-corrected chi connectivity index (χ0v) is 12.1. The molecule has 0 aliphatic rings. The van der Waals surface area contributed by atoms with Crippen LogP contribution in [0.25, 0.3) is 0 Å². The Morgan fingerprint density at radius 1 is 1.42 bits per heavy atom. The molecule has 4 nitrogen and oxygen atoms in total. The van der Waals surface area contributed by atoms with E-state index in [1.165, 1.54) is 0 Å². The number of carboxylic acids is 1. The van der Waals surface area contributed by atoms with Gasteiger partial charge in [-0.2, -0.15) is 0 Å². The number of hydrogen-bond acceptors (Lipinski definition) is 3. The summed E-state index contributed by atoms with van der Waals surface area (Å²) >= 11 is 0. The van der Waals surface area contributed by atoms with Crippen molar-refractivity contribution in [2.24, 2.45) is 0 Å². The van der Waals surface area contributed by atoms with E-state index in [1.54, 1.807) is 12.1 Å². The third kappa shape index (κ3) is 3.96. The number of aromatic carboxylic acids is 1. The quantitative estimate of drug-likeness (QED) is 0.768. The van der Waals surface area contributed by atoms with Gasteiger partial charge in [0.05, 0.1) is 11.7 Å². The summed E-state index contributed by atoms with van der Waals surface area (Å²) in [4.78, 5) is 13.3. The van der Waals surface area contributed by atoms with Gasteiger partial charge in [0, 0.05) is 32.0 Å². The first-order chi connectivity index (χ1) is 8.99. The van der Waals surface area contributed by atoms with Gasteiger partial charge < -0.3 is 14.7 Å². The van der Waals surface area contributed by atoms with Crippen molar-refractivity contribution in [1.29, 1.82) is 0 Å². The van der Waals surface area contributed by atoms with E-state index in [1.807, 2.05) is 32.0 Å². The number of hydrogen-bond donors (Lipinski definition) is 1. The highest BCUT2D eigenvalue weighted by Gasteiger charge is 2.20. The number of carbonyl (C=O) groups is 1. The highest BCUT2D eigenvalue weighted by atomic mass is 16.5. The van der Waals surface area contributed by atoms with Crippen molar-refractivity contribution >= 4 is 11.7 Å². The van der Waals surface area contributed by atoms with Gasteiger partial charge in [0.15, 0.2) is 0 Å². The van der Waals surface area contributed by atoms with E-state index in [2.05, 4.69) is 6.92 Å². The van der Waals surface area contributed by atoms with Crippen molar-refractivity contribution in [3.05, 3.63) is 29.3 Å². The molecule has 0 fully saturated rings. The molecule has 0 saturated heterocycles. The molecule has 0 saturated carbocycles. The minimum atomic E-state index is -0.912. The first-order valence-electron chi connectivity index (χ1n) is 6.64. The molecule has 1 aromatic rings. The lowest BCUT2D eigenvalue weighted by atomic mass is 10.00. The predicted octanol–water partition coefficient (Wildman–Crippen LogP) is 3.33. The molecule has 1 rings (SSSR count). The van der Waals surface area contributed by atoms with E-state index >= 15 is 0 Å². The Balaban J connectivity index is 3.09. The van der Waals surface area contributed by atoms with Gasteiger partial charge in [0.2, 0.25) is 0 Å². The number of ether oxygens (including phenoxy) is 1. The number of carboxylic acid groups (broad SMARTS) is 1. The Morgan fingerprint density at radius 2 is 2.11 bits per heavy atom. The fourth-order valence-electron chi connectivity index (χ4n) is 2.04. The Labute approximate surface area is 115 Å². The Morgan fingerprint density at radius 3 is 2.63 bits per heavy atom. The van der Waals surface area contributed by atoms with Crippen LogP contribution in [-0.2, 0) is 4.74 Å². The number of anilines is 1. The van der Waals surface area contributed by atoms with Crippen LogP contribution in [0.2, 0.25) is 0 Å². The minimum Gasteiger partial charge on any atom is -0.478 e. The molecular formula is C15H23NO3. The van der Waals surface area contributed by atoms with Crippen LogP contribution < -0.4 is 4.90 Å². The lowest BCUT2D eigenvalue weighted by molar-refractivity contribution is 0.0586. The number of nitrogens with zero attached hydrogens (tertiary/aromatic N) is 1. The lowest BCUT2D eigenvalue weighted by Gasteiger charge is -2.23. The van der Waals surface area contributed by atoms with Crippen LogP contribution in [0.1, 0.15) is 48.7 Å². The molecule has 0 aliphatic heterocycles. The second-order valence-corrected chi connectivity index (χ2v) is 4.80. The van der Waals surface area contributed by atoms with E-state index in [0.29, 0.717) is 12.2 Å². The summed E-state index contributed by atoms with van der Waals surface area (Å²) in [6.07, 6.45) is 1.82. The van der Waals surface area contributed by atoms with Gasteiger partial charge in [-0.1, -0.05) is 19.4 Å². The molecule has 0 bridgehead atoms. The van der Waals surface area contributed by atoms with Crippen LogP contribution in [0.3, 0.4) is 0 Å². The van der Waals surface area contributed by atoms with Crippen LogP contribution in [0, 0.1) is 0 Å².